The highest BCUT2D eigenvalue weighted by Gasteiger charge is 2.17. The second-order valence-corrected chi connectivity index (χ2v) is 6.14. The molecular formula is C19H20F3N3O3. The predicted molar refractivity (Wildman–Crippen MR) is 96.9 cm³/mol. The van der Waals surface area contributed by atoms with E-state index in [0.29, 0.717) is 24.3 Å². The van der Waals surface area contributed by atoms with E-state index >= 15 is 0 Å². The first-order valence-electron chi connectivity index (χ1n) is 8.71. The van der Waals surface area contributed by atoms with Crippen LogP contribution >= 0.6 is 0 Å². The zero-order valence-electron chi connectivity index (χ0n) is 14.9. The highest BCUT2D eigenvalue weighted by Crippen LogP contribution is 2.23. The second kappa shape index (κ2) is 9.43. The molecule has 0 aliphatic carbocycles. The lowest BCUT2D eigenvalue weighted by Crippen LogP contribution is -2.33. The number of rotatable bonds is 6. The van der Waals surface area contributed by atoms with Crippen LogP contribution in [0.2, 0.25) is 0 Å². The van der Waals surface area contributed by atoms with Crippen LogP contribution in [0.4, 0.5) is 23.7 Å². The Morgan fingerprint density at radius 2 is 2.14 bits per heavy atom. The molecule has 1 aliphatic rings. The van der Waals surface area contributed by atoms with Crippen LogP contribution in [-0.4, -0.2) is 32.3 Å². The Bertz CT molecular complexity index is 814. The van der Waals surface area contributed by atoms with Gasteiger partial charge in [-0.3, -0.25) is 0 Å². The van der Waals surface area contributed by atoms with Crippen LogP contribution in [0.5, 0.6) is 5.75 Å². The quantitative estimate of drug-likeness (QED) is 0.701. The Morgan fingerprint density at radius 3 is 2.86 bits per heavy atom. The number of carbonyl (C=O) groups excluding carboxylic acids is 1. The average molecular weight is 395 g/mol. The molecule has 0 unspecified atom stereocenters. The third-order valence-corrected chi connectivity index (χ3v) is 4.12. The highest BCUT2D eigenvalue weighted by molar-refractivity contribution is 5.89. The minimum absolute atomic E-state index is 0.00392. The Kier molecular flexibility index (Phi) is 6.72. The van der Waals surface area contributed by atoms with E-state index in [4.69, 9.17) is 4.74 Å². The fourth-order valence-corrected chi connectivity index (χ4v) is 2.79. The zero-order chi connectivity index (χ0) is 19.9. The van der Waals surface area contributed by atoms with Crippen molar-refractivity contribution < 1.29 is 27.4 Å². The van der Waals surface area contributed by atoms with Crippen LogP contribution in [0.1, 0.15) is 17.2 Å². The fraction of sp³-hybridized carbons (Fsp3) is 0.316. The first-order valence-corrected chi connectivity index (χ1v) is 8.71. The summed E-state index contributed by atoms with van der Waals surface area (Å²) in [6.45, 7) is -0.949. The van der Waals surface area contributed by atoms with E-state index < -0.39 is 18.5 Å². The van der Waals surface area contributed by atoms with Gasteiger partial charge in [-0.2, -0.15) is 8.78 Å². The standard InChI is InChI=1S/C19H20F3N3O3/c20-15-9-13(17-11-23-6-7-27-17)4-5-16(15)25-19(26)24-10-12-2-1-3-14(8-12)28-18(21)22/h1-5,8-9,17-18,23H,6-7,10-11H2,(H2,24,25,26)/t17-/m1/s1. The van der Waals surface area contributed by atoms with Crippen molar-refractivity contribution >= 4 is 11.7 Å². The molecule has 0 bridgehead atoms. The molecule has 1 saturated heterocycles. The van der Waals surface area contributed by atoms with Crippen LogP contribution < -0.4 is 20.7 Å². The monoisotopic (exact) mass is 395 g/mol. The van der Waals surface area contributed by atoms with Gasteiger partial charge in [-0.15, -0.1) is 0 Å². The maximum Gasteiger partial charge on any atom is 0.387 e. The number of carbonyl (C=O) groups is 1. The van der Waals surface area contributed by atoms with Gasteiger partial charge in [0, 0.05) is 19.6 Å². The molecule has 2 amide bonds. The molecule has 0 spiro atoms. The van der Waals surface area contributed by atoms with Gasteiger partial charge >= 0.3 is 12.6 Å². The molecule has 2 aromatic carbocycles. The number of ether oxygens (including phenoxy) is 2. The van der Waals surface area contributed by atoms with Gasteiger partial charge in [0.05, 0.1) is 18.4 Å². The Hall–Kier alpha value is -2.78. The van der Waals surface area contributed by atoms with Crippen LogP contribution in [-0.2, 0) is 11.3 Å². The van der Waals surface area contributed by atoms with Crippen LogP contribution in [0, 0.1) is 5.82 Å². The molecule has 28 heavy (non-hydrogen) atoms. The van der Waals surface area contributed by atoms with E-state index in [2.05, 4.69) is 20.7 Å². The summed E-state index contributed by atoms with van der Waals surface area (Å²) in [5, 5.41) is 8.13. The van der Waals surface area contributed by atoms with Crippen LogP contribution in [0.25, 0.3) is 0 Å². The number of amides is 2. The van der Waals surface area contributed by atoms with Crippen LogP contribution in [0.15, 0.2) is 42.5 Å². The smallest absolute Gasteiger partial charge is 0.387 e. The van der Waals surface area contributed by atoms with Gasteiger partial charge in [0.25, 0.3) is 0 Å². The summed E-state index contributed by atoms with van der Waals surface area (Å²) in [5.74, 6) is -0.579. The third-order valence-electron chi connectivity index (χ3n) is 4.12. The maximum absolute atomic E-state index is 14.3. The average Bonchev–Trinajstić information content (AvgIpc) is 2.68. The number of nitrogens with one attached hydrogen (secondary N) is 3. The van der Waals surface area contributed by atoms with Gasteiger partial charge in [-0.05, 0) is 35.4 Å². The van der Waals surface area contributed by atoms with Gasteiger partial charge in [0.15, 0.2) is 0 Å². The molecule has 0 aromatic heterocycles. The van der Waals surface area contributed by atoms with E-state index in [1.54, 1.807) is 12.1 Å². The van der Waals surface area contributed by atoms with Crippen molar-refractivity contribution in [2.75, 3.05) is 25.0 Å². The summed E-state index contributed by atoms with van der Waals surface area (Å²) < 4.78 is 48.7. The number of morpholine rings is 1. The summed E-state index contributed by atoms with van der Waals surface area (Å²) in [6.07, 6.45) is -0.228. The van der Waals surface area contributed by atoms with Crippen molar-refractivity contribution in [3.8, 4) is 5.75 Å². The molecule has 1 fully saturated rings. The molecule has 9 heteroatoms. The van der Waals surface area contributed by atoms with E-state index in [-0.39, 0.29) is 24.1 Å². The fourth-order valence-electron chi connectivity index (χ4n) is 2.79. The Labute approximate surface area is 160 Å². The van der Waals surface area contributed by atoms with Crippen molar-refractivity contribution in [2.24, 2.45) is 0 Å². The van der Waals surface area contributed by atoms with Crippen molar-refractivity contribution in [3.63, 3.8) is 0 Å². The summed E-state index contributed by atoms with van der Waals surface area (Å²) >= 11 is 0. The maximum atomic E-state index is 14.3. The normalized spacial score (nSPS) is 16.6. The molecule has 6 nitrogen and oxygen atoms in total. The van der Waals surface area contributed by atoms with Gasteiger partial charge < -0.3 is 25.4 Å². The summed E-state index contributed by atoms with van der Waals surface area (Å²) in [6, 6.07) is 9.83. The summed E-state index contributed by atoms with van der Waals surface area (Å²) in [5.41, 5.74) is 1.28. The molecule has 1 atom stereocenters. The highest BCUT2D eigenvalue weighted by atomic mass is 19.3. The predicted octanol–water partition coefficient (Wildman–Crippen LogP) is 3.41. The van der Waals surface area contributed by atoms with Crippen molar-refractivity contribution in [2.45, 2.75) is 19.3 Å². The summed E-state index contributed by atoms with van der Waals surface area (Å²) in [7, 11) is 0. The van der Waals surface area contributed by atoms with Gasteiger partial charge in [-0.1, -0.05) is 18.2 Å². The van der Waals surface area contributed by atoms with Gasteiger partial charge in [0.1, 0.15) is 11.6 Å². The van der Waals surface area contributed by atoms with Gasteiger partial charge in [0.2, 0.25) is 0 Å². The molecule has 1 aliphatic heterocycles. The van der Waals surface area contributed by atoms with Gasteiger partial charge in [-0.25, -0.2) is 9.18 Å². The molecular weight excluding hydrogens is 375 g/mol. The number of urea groups is 1. The molecule has 0 radical (unpaired) electrons. The van der Waals surface area contributed by atoms with Crippen molar-refractivity contribution in [3.05, 3.63) is 59.4 Å². The Balaban J connectivity index is 1.54. The van der Waals surface area contributed by atoms with E-state index in [1.807, 2.05) is 0 Å². The number of benzene rings is 2. The van der Waals surface area contributed by atoms with Crippen molar-refractivity contribution in [1.29, 1.82) is 0 Å². The lowest BCUT2D eigenvalue weighted by atomic mass is 10.1. The molecule has 3 rings (SSSR count). The number of hydrogen-bond acceptors (Lipinski definition) is 4. The Morgan fingerprint density at radius 1 is 1.29 bits per heavy atom. The molecule has 2 aromatic rings. The van der Waals surface area contributed by atoms with E-state index in [9.17, 15) is 18.0 Å². The first-order chi connectivity index (χ1) is 13.5. The minimum atomic E-state index is -2.92. The second-order valence-electron chi connectivity index (χ2n) is 6.14. The molecule has 150 valence electrons. The van der Waals surface area contributed by atoms with E-state index in [0.717, 1.165) is 6.54 Å². The number of alkyl halides is 2. The molecule has 0 saturated carbocycles. The third kappa shape index (κ3) is 5.61. The summed E-state index contributed by atoms with van der Waals surface area (Å²) in [4.78, 5) is 12.0. The molecule has 1 heterocycles. The number of hydrogen-bond donors (Lipinski definition) is 3. The molecule has 3 N–H and O–H groups in total. The number of halogens is 3. The lowest BCUT2D eigenvalue weighted by molar-refractivity contribution is -0.0498. The van der Waals surface area contributed by atoms with Crippen molar-refractivity contribution in [1.82, 2.24) is 10.6 Å². The first kappa shape index (κ1) is 20.0. The topological polar surface area (TPSA) is 71.6 Å². The van der Waals surface area contributed by atoms with E-state index in [1.165, 1.54) is 30.3 Å². The largest absolute Gasteiger partial charge is 0.435 e. The lowest BCUT2D eigenvalue weighted by Gasteiger charge is -2.24. The van der Waals surface area contributed by atoms with Crippen LogP contribution in [0.3, 0.4) is 0 Å². The number of anilines is 1. The SMILES string of the molecule is O=C(NCc1cccc(OC(F)F)c1)Nc1ccc([C@H]2CNCCO2)cc1F. The zero-order valence-corrected chi connectivity index (χ0v) is 14.9. The minimum Gasteiger partial charge on any atom is -0.435 e.